The zero-order valence-electron chi connectivity index (χ0n) is 14.8. The van der Waals surface area contributed by atoms with E-state index < -0.39 is 23.6 Å². The van der Waals surface area contributed by atoms with Gasteiger partial charge in [-0.15, -0.1) is 0 Å². The molecule has 0 aromatic heterocycles. The number of alkyl halides is 5. The average Bonchev–Trinajstić information content (AvgIpc) is 3.36. The summed E-state index contributed by atoms with van der Waals surface area (Å²) in [5.74, 6) is 0. The van der Waals surface area contributed by atoms with Crippen molar-refractivity contribution in [3.63, 3.8) is 0 Å². The summed E-state index contributed by atoms with van der Waals surface area (Å²) in [7, 11) is 2.01. The van der Waals surface area contributed by atoms with Gasteiger partial charge in [0.15, 0.2) is 0 Å². The van der Waals surface area contributed by atoms with Gasteiger partial charge < -0.3 is 15.1 Å². The first-order valence-corrected chi connectivity index (χ1v) is 8.84. The maximum absolute atomic E-state index is 13.1. The standard InChI is InChI=1S/C18H24F5N3/c1-25-6-8-26(9-7-25)15-3-2-14(18(21,22)23)10-13(15)11-24-12-17(4-5-17)16(19)20/h2-3,10,16,24H,4-9,11-12H2,1H3. The molecule has 0 bridgehead atoms. The smallest absolute Gasteiger partial charge is 0.369 e. The number of nitrogens with zero attached hydrogens (tertiary/aromatic N) is 2. The second kappa shape index (κ2) is 7.31. The molecule has 26 heavy (non-hydrogen) atoms. The number of rotatable bonds is 6. The molecule has 1 N–H and O–H groups in total. The highest BCUT2D eigenvalue weighted by Crippen LogP contribution is 2.50. The van der Waals surface area contributed by atoms with Gasteiger partial charge in [-0.3, -0.25) is 0 Å². The van der Waals surface area contributed by atoms with Crippen LogP contribution in [-0.2, 0) is 12.7 Å². The van der Waals surface area contributed by atoms with Crippen molar-refractivity contribution < 1.29 is 22.0 Å². The van der Waals surface area contributed by atoms with Crippen LogP contribution in [0.5, 0.6) is 0 Å². The van der Waals surface area contributed by atoms with Gasteiger partial charge in [0.25, 0.3) is 0 Å². The first-order chi connectivity index (χ1) is 12.2. The largest absolute Gasteiger partial charge is 0.416 e. The number of hydrogen-bond donors (Lipinski definition) is 1. The highest BCUT2D eigenvalue weighted by molar-refractivity contribution is 5.56. The molecule has 1 aromatic carbocycles. The number of halogens is 5. The molecular formula is C18H24F5N3. The maximum atomic E-state index is 13.1. The lowest BCUT2D eigenvalue weighted by Gasteiger charge is -2.35. The molecule has 1 heterocycles. The van der Waals surface area contributed by atoms with E-state index >= 15 is 0 Å². The molecule has 1 aliphatic carbocycles. The molecule has 1 aromatic rings. The minimum Gasteiger partial charge on any atom is -0.369 e. The maximum Gasteiger partial charge on any atom is 0.416 e. The number of likely N-dealkylation sites (N-methyl/N-ethyl adjacent to an activating group) is 1. The van der Waals surface area contributed by atoms with E-state index in [-0.39, 0.29) is 13.1 Å². The van der Waals surface area contributed by atoms with Crippen molar-refractivity contribution in [1.29, 1.82) is 0 Å². The molecule has 3 rings (SSSR count). The summed E-state index contributed by atoms with van der Waals surface area (Å²) >= 11 is 0. The summed E-state index contributed by atoms with van der Waals surface area (Å²) in [4.78, 5) is 4.23. The molecule has 0 amide bonds. The Morgan fingerprint density at radius 2 is 1.77 bits per heavy atom. The van der Waals surface area contributed by atoms with Crippen LogP contribution in [-0.4, -0.2) is 51.1 Å². The van der Waals surface area contributed by atoms with Crippen molar-refractivity contribution in [3.05, 3.63) is 29.3 Å². The lowest BCUT2D eigenvalue weighted by Crippen LogP contribution is -2.45. The predicted octanol–water partition coefficient (Wildman–Crippen LogP) is 3.59. The molecule has 1 saturated heterocycles. The quantitative estimate of drug-likeness (QED) is 0.765. The average molecular weight is 377 g/mol. The van der Waals surface area contributed by atoms with E-state index in [2.05, 4.69) is 15.1 Å². The Morgan fingerprint density at radius 3 is 2.31 bits per heavy atom. The molecule has 2 fully saturated rings. The van der Waals surface area contributed by atoms with E-state index in [4.69, 9.17) is 0 Å². The van der Waals surface area contributed by atoms with Crippen molar-refractivity contribution in [2.75, 3.05) is 44.7 Å². The SMILES string of the molecule is CN1CCN(c2ccc(C(F)(F)F)cc2CNCC2(C(F)F)CC2)CC1. The molecule has 0 spiro atoms. The Bertz CT molecular complexity index is 620. The van der Waals surface area contributed by atoms with Crippen LogP contribution in [0.4, 0.5) is 27.6 Å². The normalized spacial score (nSPS) is 20.7. The van der Waals surface area contributed by atoms with Crippen molar-refractivity contribution in [1.82, 2.24) is 10.2 Å². The van der Waals surface area contributed by atoms with Gasteiger partial charge >= 0.3 is 6.18 Å². The number of nitrogens with one attached hydrogen (secondary N) is 1. The van der Waals surface area contributed by atoms with Crippen LogP contribution >= 0.6 is 0 Å². The summed E-state index contributed by atoms with van der Waals surface area (Å²) in [6.45, 7) is 3.42. The first kappa shape index (κ1) is 19.4. The van der Waals surface area contributed by atoms with Crippen LogP contribution in [0.2, 0.25) is 0 Å². The van der Waals surface area contributed by atoms with Gasteiger partial charge in [0.1, 0.15) is 0 Å². The molecular weight excluding hydrogens is 353 g/mol. The molecule has 1 aliphatic heterocycles. The second-order valence-corrected chi connectivity index (χ2v) is 7.40. The zero-order chi connectivity index (χ0) is 18.9. The summed E-state index contributed by atoms with van der Waals surface area (Å²) in [5.41, 5.74) is -0.438. The molecule has 2 aliphatic rings. The van der Waals surface area contributed by atoms with E-state index in [9.17, 15) is 22.0 Å². The number of piperazine rings is 1. The Labute approximate surface area is 150 Å². The lowest BCUT2D eigenvalue weighted by atomic mass is 10.0. The van der Waals surface area contributed by atoms with E-state index in [0.29, 0.717) is 18.4 Å². The zero-order valence-corrected chi connectivity index (χ0v) is 14.8. The van der Waals surface area contributed by atoms with Gasteiger partial charge in [0, 0.05) is 50.4 Å². The molecule has 0 unspecified atom stereocenters. The van der Waals surface area contributed by atoms with Crippen LogP contribution in [0.3, 0.4) is 0 Å². The van der Waals surface area contributed by atoms with Crippen LogP contribution in [0.1, 0.15) is 24.0 Å². The molecule has 0 atom stereocenters. The fourth-order valence-electron chi connectivity index (χ4n) is 3.34. The third-order valence-corrected chi connectivity index (χ3v) is 5.40. The van der Waals surface area contributed by atoms with Crippen molar-refractivity contribution in [2.45, 2.75) is 32.0 Å². The summed E-state index contributed by atoms with van der Waals surface area (Å²) in [6, 6.07) is 3.74. The van der Waals surface area contributed by atoms with Gasteiger partial charge in [0.2, 0.25) is 6.43 Å². The molecule has 8 heteroatoms. The third-order valence-electron chi connectivity index (χ3n) is 5.40. The van der Waals surface area contributed by atoms with Gasteiger partial charge in [-0.05, 0) is 43.7 Å². The highest BCUT2D eigenvalue weighted by Gasteiger charge is 2.50. The summed E-state index contributed by atoms with van der Waals surface area (Å²) in [5, 5.41) is 2.97. The lowest BCUT2D eigenvalue weighted by molar-refractivity contribution is -0.137. The topological polar surface area (TPSA) is 18.5 Å². The highest BCUT2D eigenvalue weighted by atomic mass is 19.4. The van der Waals surface area contributed by atoms with E-state index in [1.165, 1.54) is 6.07 Å². The number of anilines is 1. The predicted molar refractivity (Wildman–Crippen MR) is 90.5 cm³/mol. The van der Waals surface area contributed by atoms with E-state index in [1.807, 2.05) is 7.05 Å². The summed E-state index contributed by atoms with van der Waals surface area (Å²) < 4.78 is 65.3. The van der Waals surface area contributed by atoms with Gasteiger partial charge in [-0.2, -0.15) is 13.2 Å². The minimum absolute atomic E-state index is 0.128. The van der Waals surface area contributed by atoms with E-state index in [1.54, 1.807) is 0 Å². The molecule has 146 valence electrons. The number of benzene rings is 1. The van der Waals surface area contributed by atoms with E-state index in [0.717, 1.165) is 44.0 Å². The second-order valence-electron chi connectivity index (χ2n) is 7.40. The van der Waals surface area contributed by atoms with Gasteiger partial charge in [-0.1, -0.05) is 0 Å². The fourth-order valence-corrected chi connectivity index (χ4v) is 3.34. The Morgan fingerprint density at radius 1 is 1.12 bits per heavy atom. The molecule has 1 saturated carbocycles. The van der Waals surface area contributed by atoms with Crippen LogP contribution in [0.25, 0.3) is 0 Å². The Hall–Kier alpha value is -1.41. The van der Waals surface area contributed by atoms with Crippen molar-refractivity contribution >= 4 is 5.69 Å². The Kier molecular flexibility index (Phi) is 5.44. The molecule has 0 radical (unpaired) electrons. The minimum atomic E-state index is -4.42. The van der Waals surface area contributed by atoms with Crippen LogP contribution in [0.15, 0.2) is 18.2 Å². The third kappa shape index (κ3) is 4.28. The fraction of sp³-hybridized carbons (Fsp3) is 0.667. The number of hydrogen-bond acceptors (Lipinski definition) is 3. The van der Waals surface area contributed by atoms with Crippen LogP contribution < -0.4 is 10.2 Å². The summed E-state index contributed by atoms with van der Waals surface area (Å²) in [6.07, 6.45) is -5.89. The molecule has 3 nitrogen and oxygen atoms in total. The first-order valence-electron chi connectivity index (χ1n) is 8.84. The monoisotopic (exact) mass is 377 g/mol. The van der Waals surface area contributed by atoms with Gasteiger partial charge in [-0.25, -0.2) is 8.78 Å². The van der Waals surface area contributed by atoms with Crippen molar-refractivity contribution in [2.24, 2.45) is 5.41 Å². The Balaban J connectivity index is 1.75. The van der Waals surface area contributed by atoms with Gasteiger partial charge in [0.05, 0.1) is 5.56 Å². The van der Waals surface area contributed by atoms with Crippen molar-refractivity contribution in [3.8, 4) is 0 Å². The van der Waals surface area contributed by atoms with Crippen LogP contribution in [0, 0.1) is 5.41 Å².